The summed E-state index contributed by atoms with van der Waals surface area (Å²) < 4.78 is 16.2. The summed E-state index contributed by atoms with van der Waals surface area (Å²) in [6.45, 7) is 0.748. The third-order valence-corrected chi connectivity index (χ3v) is 6.29. The Balaban J connectivity index is 1.39. The van der Waals surface area contributed by atoms with E-state index < -0.39 is 0 Å². The molecule has 2 aromatic heterocycles. The molecule has 10 heteroatoms. The van der Waals surface area contributed by atoms with Gasteiger partial charge in [-0.05, 0) is 31.0 Å². The van der Waals surface area contributed by atoms with Crippen LogP contribution in [0.15, 0.2) is 23.6 Å². The minimum absolute atomic E-state index is 0.000684. The van der Waals surface area contributed by atoms with Gasteiger partial charge in [-0.3, -0.25) is 4.79 Å². The number of nitrogens with zero attached hydrogens (tertiary/aromatic N) is 3. The highest BCUT2D eigenvalue weighted by atomic mass is 32.1. The molecule has 1 amide bonds. The largest absolute Gasteiger partial charge is 0.493 e. The first-order chi connectivity index (χ1) is 14.2. The normalized spacial score (nSPS) is 16.0. The van der Waals surface area contributed by atoms with Crippen molar-refractivity contribution in [2.45, 2.75) is 25.4 Å². The van der Waals surface area contributed by atoms with Crippen molar-refractivity contribution in [2.75, 3.05) is 26.1 Å². The summed E-state index contributed by atoms with van der Waals surface area (Å²) >= 11 is 2.83. The van der Waals surface area contributed by atoms with Gasteiger partial charge in [-0.1, -0.05) is 11.3 Å². The van der Waals surface area contributed by atoms with Crippen LogP contribution in [0.2, 0.25) is 0 Å². The van der Waals surface area contributed by atoms with Crippen LogP contribution < -0.4 is 14.8 Å². The van der Waals surface area contributed by atoms with Crippen molar-refractivity contribution in [3.05, 3.63) is 34.3 Å². The summed E-state index contributed by atoms with van der Waals surface area (Å²) in [5, 5.41) is 14.9. The number of benzene rings is 1. The second kappa shape index (κ2) is 8.85. The Kier molecular flexibility index (Phi) is 6.02. The molecule has 1 fully saturated rings. The highest BCUT2D eigenvalue weighted by Gasteiger charge is 2.22. The van der Waals surface area contributed by atoms with E-state index in [1.54, 1.807) is 14.2 Å². The maximum Gasteiger partial charge on any atom is 0.232 e. The fraction of sp³-hybridized carbons (Fsp3) is 0.368. The van der Waals surface area contributed by atoms with Gasteiger partial charge in [-0.2, -0.15) is 0 Å². The van der Waals surface area contributed by atoms with Gasteiger partial charge >= 0.3 is 0 Å². The smallest absolute Gasteiger partial charge is 0.232 e. The molecule has 4 rings (SSSR count). The minimum atomic E-state index is -0.177. The average molecular weight is 433 g/mol. The molecule has 1 atom stereocenters. The average Bonchev–Trinajstić information content (AvgIpc) is 3.49. The summed E-state index contributed by atoms with van der Waals surface area (Å²) in [5.41, 5.74) is 1.60. The lowest BCUT2D eigenvalue weighted by Gasteiger charge is -2.08. The van der Waals surface area contributed by atoms with Gasteiger partial charge < -0.3 is 19.5 Å². The van der Waals surface area contributed by atoms with Crippen molar-refractivity contribution in [3.8, 4) is 22.1 Å². The third kappa shape index (κ3) is 4.55. The number of hydrogen-bond acceptors (Lipinski definition) is 9. The first-order valence-corrected chi connectivity index (χ1v) is 10.8. The molecule has 1 N–H and O–H groups in total. The lowest BCUT2D eigenvalue weighted by atomic mass is 10.2. The van der Waals surface area contributed by atoms with Crippen LogP contribution in [0.1, 0.15) is 29.6 Å². The van der Waals surface area contributed by atoms with Crippen LogP contribution in [0.25, 0.3) is 10.6 Å². The number of carbonyl (C=O) groups is 1. The number of rotatable bonds is 7. The van der Waals surface area contributed by atoms with Crippen LogP contribution in [-0.2, 0) is 16.0 Å². The van der Waals surface area contributed by atoms with E-state index in [0.717, 1.165) is 35.0 Å². The van der Waals surface area contributed by atoms with Crippen LogP contribution in [0.4, 0.5) is 5.13 Å². The quantitative estimate of drug-likeness (QED) is 0.608. The summed E-state index contributed by atoms with van der Waals surface area (Å²) in [4.78, 5) is 16.9. The van der Waals surface area contributed by atoms with E-state index in [1.807, 2.05) is 23.6 Å². The molecule has 1 aliphatic heterocycles. The molecule has 1 unspecified atom stereocenters. The summed E-state index contributed by atoms with van der Waals surface area (Å²) in [7, 11) is 3.19. The topological polar surface area (TPSA) is 95.5 Å². The van der Waals surface area contributed by atoms with Gasteiger partial charge in [0.1, 0.15) is 16.1 Å². The van der Waals surface area contributed by atoms with E-state index in [4.69, 9.17) is 14.2 Å². The number of thiazole rings is 1. The van der Waals surface area contributed by atoms with Crippen molar-refractivity contribution < 1.29 is 19.0 Å². The van der Waals surface area contributed by atoms with Crippen molar-refractivity contribution in [1.29, 1.82) is 0 Å². The third-order valence-electron chi connectivity index (χ3n) is 4.42. The highest BCUT2D eigenvalue weighted by molar-refractivity contribution is 7.15. The zero-order valence-corrected chi connectivity index (χ0v) is 17.6. The van der Waals surface area contributed by atoms with Crippen molar-refractivity contribution in [1.82, 2.24) is 15.2 Å². The second-order valence-corrected chi connectivity index (χ2v) is 8.25. The van der Waals surface area contributed by atoms with Gasteiger partial charge in [0.05, 0.1) is 26.3 Å². The molecule has 152 valence electrons. The van der Waals surface area contributed by atoms with Crippen LogP contribution in [0.5, 0.6) is 11.5 Å². The molecular formula is C19H20N4O4S2. The Morgan fingerprint density at radius 1 is 1.28 bits per heavy atom. The molecule has 0 saturated carbocycles. The molecule has 3 aromatic rings. The van der Waals surface area contributed by atoms with Crippen LogP contribution in [-0.4, -0.2) is 41.9 Å². The Hall–Kier alpha value is -2.56. The molecule has 0 bridgehead atoms. The predicted molar refractivity (Wildman–Crippen MR) is 111 cm³/mol. The molecule has 29 heavy (non-hydrogen) atoms. The van der Waals surface area contributed by atoms with Crippen molar-refractivity contribution >= 4 is 33.7 Å². The fourth-order valence-electron chi connectivity index (χ4n) is 3.01. The molecule has 0 radical (unpaired) electrons. The minimum Gasteiger partial charge on any atom is -0.493 e. The number of aromatic nitrogens is 3. The van der Waals surface area contributed by atoms with Gasteiger partial charge in [0.25, 0.3) is 0 Å². The maximum atomic E-state index is 12.4. The van der Waals surface area contributed by atoms with E-state index >= 15 is 0 Å². The number of hydrogen-bond donors (Lipinski definition) is 1. The van der Waals surface area contributed by atoms with Crippen LogP contribution >= 0.6 is 22.7 Å². The van der Waals surface area contributed by atoms with E-state index in [9.17, 15) is 4.79 Å². The number of anilines is 1. The number of nitrogens with one attached hydrogen (secondary N) is 1. The number of carbonyl (C=O) groups excluding carboxylic acids is 1. The van der Waals surface area contributed by atoms with E-state index in [0.29, 0.717) is 22.3 Å². The maximum absolute atomic E-state index is 12.4. The monoisotopic (exact) mass is 432 g/mol. The fourth-order valence-corrected chi connectivity index (χ4v) is 4.67. The second-order valence-electron chi connectivity index (χ2n) is 6.39. The van der Waals surface area contributed by atoms with Crippen LogP contribution in [0, 0.1) is 0 Å². The summed E-state index contributed by atoms with van der Waals surface area (Å²) in [5.74, 6) is 1.12. The number of methoxy groups -OCH3 is 2. The molecule has 3 heterocycles. The summed E-state index contributed by atoms with van der Waals surface area (Å²) in [6.07, 6.45) is 2.14. The van der Waals surface area contributed by atoms with Gasteiger partial charge in [-0.15, -0.1) is 21.5 Å². The van der Waals surface area contributed by atoms with Gasteiger partial charge in [0.15, 0.2) is 11.5 Å². The molecule has 1 aliphatic rings. The SMILES string of the molecule is COc1ccc(-c2nc(CC(=O)Nc3nnc(C4CCCO4)s3)cs2)cc1OC. The lowest BCUT2D eigenvalue weighted by molar-refractivity contribution is -0.115. The van der Waals surface area contributed by atoms with Crippen molar-refractivity contribution in [3.63, 3.8) is 0 Å². The van der Waals surface area contributed by atoms with Crippen molar-refractivity contribution in [2.24, 2.45) is 0 Å². The van der Waals surface area contributed by atoms with Gasteiger partial charge in [0, 0.05) is 17.6 Å². The van der Waals surface area contributed by atoms with E-state index in [-0.39, 0.29) is 18.4 Å². The molecular weight excluding hydrogens is 412 g/mol. The molecule has 1 saturated heterocycles. The van der Waals surface area contributed by atoms with E-state index in [2.05, 4.69) is 20.5 Å². The van der Waals surface area contributed by atoms with E-state index in [1.165, 1.54) is 22.7 Å². The van der Waals surface area contributed by atoms with Gasteiger partial charge in [0.2, 0.25) is 11.0 Å². The molecule has 8 nitrogen and oxygen atoms in total. The number of amides is 1. The lowest BCUT2D eigenvalue weighted by Crippen LogP contribution is -2.14. The first kappa shape index (κ1) is 19.7. The first-order valence-electron chi connectivity index (χ1n) is 9.08. The zero-order chi connectivity index (χ0) is 20.2. The van der Waals surface area contributed by atoms with Crippen LogP contribution in [0.3, 0.4) is 0 Å². The molecule has 0 aliphatic carbocycles. The van der Waals surface area contributed by atoms with Gasteiger partial charge in [-0.25, -0.2) is 4.98 Å². The predicted octanol–water partition coefficient (Wildman–Crippen LogP) is 3.71. The highest BCUT2D eigenvalue weighted by Crippen LogP contribution is 2.34. The Morgan fingerprint density at radius 2 is 2.14 bits per heavy atom. The summed E-state index contributed by atoms with van der Waals surface area (Å²) in [6, 6.07) is 5.62. The number of ether oxygens (including phenoxy) is 3. The standard InChI is InChI=1S/C19H20N4O4S2/c1-25-13-6-5-11(8-15(13)26-2)17-20-12(10-28-17)9-16(24)21-19-23-22-18(29-19)14-4-3-7-27-14/h5-6,8,10,14H,3-4,7,9H2,1-2H3,(H,21,23,24). The molecule has 0 spiro atoms. The Morgan fingerprint density at radius 3 is 2.90 bits per heavy atom. The molecule has 1 aromatic carbocycles. The zero-order valence-electron chi connectivity index (χ0n) is 16.0. The Bertz CT molecular complexity index is 998. The Labute approximate surface area is 175 Å².